The highest BCUT2D eigenvalue weighted by Gasteiger charge is 2.38. The number of amides is 2. The first kappa shape index (κ1) is 18.3. The summed E-state index contributed by atoms with van der Waals surface area (Å²) < 4.78 is 11.4. The minimum atomic E-state index is -0.257. The second-order valence-electron chi connectivity index (χ2n) is 7.90. The molecule has 6 nitrogen and oxygen atoms in total. The summed E-state index contributed by atoms with van der Waals surface area (Å²) in [7, 11) is 0. The molecule has 3 aliphatic rings. The van der Waals surface area contributed by atoms with Crippen molar-refractivity contribution in [3.63, 3.8) is 0 Å². The van der Waals surface area contributed by atoms with E-state index in [1.807, 2.05) is 41.0 Å². The van der Waals surface area contributed by atoms with Gasteiger partial charge < -0.3 is 19.3 Å². The van der Waals surface area contributed by atoms with Crippen LogP contribution in [-0.2, 0) is 14.3 Å². The van der Waals surface area contributed by atoms with Crippen molar-refractivity contribution < 1.29 is 19.1 Å². The molecular formula is C21H28N2O4. The number of rotatable bonds is 4. The topological polar surface area (TPSA) is 59.1 Å². The van der Waals surface area contributed by atoms with E-state index < -0.39 is 0 Å². The van der Waals surface area contributed by atoms with Gasteiger partial charge in [0.25, 0.3) is 5.91 Å². The number of benzene rings is 1. The molecule has 27 heavy (non-hydrogen) atoms. The van der Waals surface area contributed by atoms with Crippen LogP contribution in [0.2, 0.25) is 0 Å². The molecule has 1 atom stereocenters. The van der Waals surface area contributed by atoms with E-state index in [0.717, 1.165) is 31.4 Å². The molecular weight excluding hydrogens is 344 g/mol. The van der Waals surface area contributed by atoms with Crippen LogP contribution in [0.4, 0.5) is 0 Å². The third-order valence-electron chi connectivity index (χ3n) is 5.84. The number of carbonyl (C=O) groups excluding carboxylic acids is 2. The van der Waals surface area contributed by atoms with Gasteiger partial charge in [-0.05, 0) is 44.7 Å². The maximum absolute atomic E-state index is 12.7. The SMILES string of the molecule is Cc1ccc(OC2CN(C(=O)C3CCN(C(=O)C4CCCO4)CC3)C2)cc1. The van der Waals surface area contributed by atoms with Crippen molar-refractivity contribution in [1.29, 1.82) is 0 Å². The first-order chi connectivity index (χ1) is 13.1. The van der Waals surface area contributed by atoms with Crippen molar-refractivity contribution in [2.75, 3.05) is 32.8 Å². The molecule has 3 heterocycles. The van der Waals surface area contributed by atoms with Gasteiger partial charge >= 0.3 is 0 Å². The molecule has 0 saturated carbocycles. The van der Waals surface area contributed by atoms with Crippen LogP contribution >= 0.6 is 0 Å². The molecule has 0 spiro atoms. The summed E-state index contributed by atoms with van der Waals surface area (Å²) in [5.41, 5.74) is 1.21. The fourth-order valence-corrected chi connectivity index (χ4v) is 4.08. The van der Waals surface area contributed by atoms with E-state index in [1.165, 1.54) is 5.56 Å². The van der Waals surface area contributed by atoms with Gasteiger partial charge in [-0.15, -0.1) is 0 Å². The van der Waals surface area contributed by atoms with Crippen LogP contribution in [0.15, 0.2) is 24.3 Å². The molecule has 0 aliphatic carbocycles. The van der Waals surface area contributed by atoms with Gasteiger partial charge in [0.15, 0.2) is 0 Å². The van der Waals surface area contributed by atoms with Crippen molar-refractivity contribution in [1.82, 2.24) is 9.80 Å². The first-order valence-corrected chi connectivity index (χ1v) is 10.0. The highest BCUT2D eigenvalue weighted by atomic mass is 16.5. The number of aryl methyl sites for hydroxylation is 1. The van der Waals surface area contributed by atoms with Gasteiger partial charge in [0.1, 0.15) is 18.0 Å². The molecule has 4 rings (SSSR count). The van der Waals surface area contributed by atoms with Crippen LogP contribution in [0.5, 0.6) is 5.75 Å². The second-order valence-corrected chi connectivity index (χ2v) is 7.90. The van der Waals surface area contributed by atoms with Crippen molar-refractivity contribution in [3.8, 4) is 5.75 Å². The van der Waals surface area contributed by atoms with Gasteiger partial charge in [0, 0.05) is 25.6 Å². The summed E-state index contributed by atoms with van der Waals surface area (Å²) in [6, 6.07) is 8.01. The second kappa shape index (κ2) is 7.89. The number of carbonyl (C=O) groups is 2. The largest absolute Gasteiger partial charge is 0.487 e. The van der Waals surface area contributed by atoms with Crippen LogP contribution in [-0.4, -0.2) is 66.6 Å². The molecule has 0 N–H and O–H groups in total. The Balaban J connectivity index is 1.20. The predicted octanol–water partition coefficient (Wildman–Crippen LogP) is 2.00. The molecule has 3 saturated heterocycles. The quantitative estimate of drug-likeness (QED) is 0.811. The lowest BCUT2D eigenvalue weighted by Gasteiger charge is -2.42. The Kier molecular flexibility index (Phi) is 5.34. The Morgan fingerprint density at radius 2 is 1.70 bits per heavy atom. The summed E-state index contributed by atoms with van der Waals surface area (Å²) in [4.78, 5) is 28.9. The van der Waals surface area contributed by atoms with E-state index >= 15 is 0 Å². The van der Waals surface area contributed by atoms with Crippen molar-refractivity contribution in [2.24, 2.45) is 5.92 Å². The number of piperidine rings is 1. The lowest BCUT2D eigenvalue weighted by molar-refractivity contribution is -0.150. The summed E-state index contributed by atoms with van der Waals surface area (Å²) in [6.45, 7) is 5.36. The number of nitrogens with zero attached hydrogens (tertiary/aromatic N) is 2. The monoisotopic (exact) mass is 372 g/mol. The predicted molar refractivity (Wildman–Crippen MR) is 100 cm³/mol. The molecule has 3 fully saturated rings. The van der Waals surface area contributed by atoms with Crippen LogP contribution in [0, 0.1) is 12.8 Å². The standard InChI is InChI=1S/C21H28N2O4/c1-15-4-6-17(7-5-15)27-18-13-23(14-18)20(24)16-8-10-22(11-9-16)21(25)19-3-2-12-26-19/h4-7,16,18-19H,2-3,8-14H2,1H3. The van der Waals surface area contributed by atoms with E-state index in [4.69, 9.17) is 9.47 Å². The molecule has 1 aromatic carbocycles. The van der Waals surface area contributed by atoms with E-state index in [-0.39, 0.29) is 29.9 Å². The molecule has 0 aromatic heterocycles. The fourth-order valence-electron chi connectivity index (χ4n) is 4.08. The average Bonchev–Trinajstić information content (AvgIpc) is 3.19. The molecule has 1 unspecified atom stereocenters. The summed E-state index contributed by atoms with van der Waals surface area (Å²) >= 11 is 0. The number of ether oxygens (including phenoxy) is 2. The molecule has 1 aromatic rings. The number of likely N-dealkylation sites (tertiary alicyclic amines) is 2. The molecule has 0 bridgehead atoms. The smallest absolute Gasteiger partial charge is 0.251 e. The number of hydrogen-bond acceptors (Lipinski definition) is 4. The van der Waals surface area contributed by atoms with Crippen LogP contribution < -0.4 is 4.74 Å². The zero-order valence-electron chi connectivity index (χ0n) is 15.9. The van der Waals surface area contributed by atoms with Gasteiger partial charge in [0.2, 0.25) is 5.91 Å². The average molecular weight is 372 g/mol. The third-order valence-corrected chi connectivity index (χ3v) is 5.84. The fraction of sp³-hybridized carbons (Fsp3) is 0.619. The third kappa shape index (κ3) is 4.10. The van der Waals surface area contributed by atoms with Gasteiger partial charge in [-0.1, -0.05) is 17.7 Å². The Bertz CT molecular complexity index is 670. The minimum absolute atomic E-state index is 0.0267. The van der Waals surface area contributed by atoms with Gasteiger partial charge in [0.05, 0.1) is 13.1 Å². The Morgan fingerprint density at radius 1 is 1.00 bits per heavy atom. The van der Waals surface area contributed by atoms with Crippen LogP contribution in [0.25, 0.3) is 0 Å². The lowest BCUT2D eigenvalue weighted by atomic mass is 9.93. The first-order valence-electron chi connectivity index (χ1n) is 10.0. The molecule has 3 aliphatic heterocycles. The maximum atomic E-state index is 12.7. The Hall–Kier alpha value is -2.08. The van der Waals surface area contributed by atoms with E-state index in [2.05, 4.69) is 0 Å². The zero-order chi connectivity index (χ0) is 18.8. The Labute approximate surface area is 160 Å². The summed E-state index contributed by atoms with van der Waals surface area (Å²) in [5, 5.41) is 0. The zero-order valence-corrected chi connectivity index (χ0v) is 15.9. The normalized spacial score (nSPS) is 24.0. The lowest BCUT2D eigenvalue weighted by Crippen LogP contribution is -2.58. The van der Waals surface area contributed by atoms with Gasteiger partial charge in [-0.2, -0.15) is 0 Å². The van der Waals surface area contributed by atoms with Gasteiger partial charge in [-0.25, -0.2) is 0 Å². The Morgan fingerprint density at radius 3 is 2.33 bits per heavy atom. The van der Waals surface area contributed by atoms with Crippen molar-refractivity contribution >= 4 is 11.8 Å². The van der Waals surface area contributed by atoms with Crippen LogP contribution in [0.3, 0.4) is 0 Å². The highest BCUT2D eigenvalue weighted by Crippen LogP contribution is 2.26. The van der Waals surface area contributed by atoms with E-state index in [1.54, 1.807) is 0 Å². The van der Waals surface area contributed by atoms with E-state index in [0.29, 0.717) is 32.8 Å². The molecule has 0 radical (unpaired) electrons. The van der Waals surface area contributed by atoms with Crippen molar-refractivity contribution in [2.45, 2.75) is 44.8 Å². The molecule has 6 heteroatoms. The maximum Gasteiger partial charge on any atom is 0.251 e. The summed E-state index contributed by atoms with van der Waals surface area (Å²) in [5.74, 6) is 1.20. The molecule has 2 amide bonds. The molecule has 146 valence electrons. The number of hydrogen-bond donors (Lipinski definition) is 0. The van der Waals surface area contributed by atoms with Crippen molar-refractivity contribution in [3.05, 3.63) is 29.8 Å². The highest BCUT2D eigenvalue weighted by molar-refractivity contribution is 5.83. The van der Waals surface area contributed by atoms with E-state index in [9.17, 15) is 9.59 Å². The van der Waals surface area contributed by atoms with Crippen LogP contribution in [0.1, 0.15) is 31.2 Å². The minimum Gasteiger partial charge on any atom is -0.487 e. The summed E-state index contributed by atoms with van der Waals surface area (Å²) in [6.07, 6.45) is 3.11. The van der Waals surface area contributed by atoms with Gasteiger partial charge in [-0.3, -0.25) is 9.59 Å².